The van der Waals surface area contributed by atoms with Gasteiger partial charge >= 0.3 is 0 Å². The van der Waals surface area contributed by atoms with Crippen molar-refractivity contribution in [3.05, 3.63) is 24.8 Å². The van der Waals surface area contributed by atoms with E-state index in [4.69, 9.17) is 5.11 Å². The van der Waals surface area contributed by atoms with E-state index in [2.05, 4.69) is 4.74 Å². The molecule has 1 heterocycles. The molecule has 0 bridgehead atoms. The van der Waals surface area contributed by atoms with Crippen LogP contribution in [-0.2, 0) is 9.53 Å². The van der Waals surface area contributed by atoms with Crippen molar-refractivity contribution in [2.24, 2.45) is 0 Å². The summed E-state index contributed by atoms with van der Waals surface area (Å²) in [5.41, 5.74) is 0. The summed E-state index contributed by atoms with van der Waals surface area (Å²) in [5, 5.41) is 8.55. The van der Waals surface area contributed by atoms with Crippen LogP contribution in [0.2, 0.25) is 0 Å². The lowest BCUT2D eigenvalue weighted by Crippen LogP contribution is -2.23. The summed E-state index contributed by atoms with van der Waals surface area (Å²) < 4.78 is 4.66. The Kier molecular flexibility index (Phi) is 2.07. The van der Waals surface area contributed by atoms with E-state index in [1.165, 1.54) is 24.8 Å². The van der Waals surface area contributed by atoms with E-state index in [0.29, 0.717) is 0 Å². The van der Waals surface area contributed by atoms with E-state index in [0.717, 1.165) is 4.90 Å². The highest BCUT2D eigenvalue weighted by molar-refractivity contribution is 5.88. The lowest BCUT2D eigenvalue weighted by molar-refractivity contribution is -0.126. The van der Waals surface area contributed by atoms with Gasteiger partial charge in [0.2, 0.25) is 0 Å². The van der Waals surface area contributed by atoms with E-state index in [1.54, 1.807) is 0 Å². The molecule has 0 aromatic heterocycles. The first-order valence-corrected chi connectivity index (χ1v) is 2.75. The van der Waals surface area contributed by atoms with Gasteiger partial charge in [0.15, 0.2) is 0 Å². The van der Waals surface area contributed by atoms with Gasteiger partial charge in [0.25, 0.3) is 5.91 Å². The predicted molar refractivity (Wildman–Crippen MR) is 33.3 cm³/mol. The zero-order chi connectivity index (χ0) is 7.40. The Labute approximate surface area is 58.0 Å². The third kappa shape index (κ3) is 1.35. The number of carbonyl (C=O) groups is 1. The lowest BCUT2D eigenvalue weighted by Gasteiger charge is -2.08. The van der Waals surface area contributed by atoms with E-state index in [1.807, 2.05) is 0 Å². The molecule has 0 aromatic rings. The summed E-state index contributed by atoms with van der Waals surface area (Å²) in [5.74, 6) is -0.295. The fraction of sp³-hybridized carbons (Fsp3) is 0.167. The molecule has 1 amide bonds. The number of ether oxygens (including phenoxy) is 1. The molecule has 0 fully saturated rings. The molecule has 0 spiro atoms. The Morgan fingerprint density at radius 3 is 3.10 bits per heavy atom. The van der Waals surface area contributed by atoms with Crippen LogP contribution in [0.15, 0.2) is 24.8 Å². The molecule has 0 saturated heterocycles. The number of nitrogens with zero attached hydrogens (tertiary/aromatic N) is 1. The van der Waals surface area contributed by atoms with Crippen LogP contribution in [0.5, 0.6) is 0 Å². The fourth-order valence-electron chi connectivity index (χ4n) is 0.537. The molecule has 1 aliphatic heterocycles. The zero-order valence-electron chi connectivity index (χ0n) is 5.23. The Hall–Kier alpha value is -1.29. The number of carbonyl (C=O) groups excluding carboxylic acids is 1. The highest BCUT2D eigenvalue weighted by atomic mass is 16.5. The third-order valence-corrected chi connectivity index (χ3v) is 1.04. The summed E-state index contributed by atoms with van der Waals surface area (Å²) in [6, 6.07) is 0. The molecule has 1 aliphatic rings. The van der Waals surface area contributed by atoms with Crippen molar-refractivity contribution in [3.8, 4) is 0 Å². The van der Waals surface area contributed by atoms with Crippen LogP contribution in [0.25, 0.3) is 0 Å². The van der Waals surface area contributed by atoms with Gasteiger partial charge in [-0.2, -0.15) is 0 Å². The number of hydrogen-bond donors (Lipinski definition) is 1. The molecule has 4 nitrogen and oxygen atoms in total. The molecule has 0 radical (unpaired) electrons. The van der Waals surface area contributed by atoms with Crippen molar-refractivity contribution in [3.63, 3.8) is 0 Å². The van der Waals surface area contributed by atoms with E-state index >= 15 is 0 Å². The van der Waals surface area contributed by atoms with Crippen LogP contribution in [0.4, 0.5) is 0 Å². The van der Waals surface area contributed by atoms with Crippen LogP contribution < -0.4 is 0 Å². The molecular weight excluding hydrogens is 134 g/mol. The zero-order valence-corrected chi connectivity index (χ0v) is 5.23. The predicted octanol–water partition coefficient (Wildman–Crippen LogP) is -0.220. The summed E-state index contributed by atoms with van der Waals surface area (Å²) in [6.45, 7) is -0.330. The van der Waals surface area contributed by atoms with E-state index in [-0.39, 0.29) is 12.6 Å². The first-order valence-electron chi connectivity index (χ1n) is 2.75. The molecule has 1 rings (SSSR count). The lowest BCUT2D eigenvalue weighted by atomic mass is 10.5. The maximum Gasteiger partial charge on any atom is 0.255 e. The van der Waals surface area contributed by atoms with Crippen molar-refractivity contribution in [2.45, 2.75) is 0 Å². The normalized spacial score (nSPS) is 16.9. The highest BCUT2D eigenvalue weighted by Gasteiger charge is 2.06. The molecule has 4 heteroatoms. The Bertz CT molecular complexity index is 185. The molecule has 0 aliphatic carbocycles. The maximum atomic E-state index is 10.8. The summed E-state index contributed by atoms with van der Waals surface area (Å²) in [4.78, 5) is 11.9. The van der Waals surface area contributed by atoms with E-state index < -0.39 is 0 Å². The summed E-state index contributed by atoms with van der Waals surface area (Å²) in [7, 11) is 0. The SMILES string of the molecule is O=C1C=COC=CN1CO. The molecule has 0 unspecified atom stereocenters. The molecule has 0 aromatic carbocycles. The van der Waals surface area contributed by atoms with Gasteiger partial charge in [-0.1, -0.05) is 0 Å². The third-order valence-electron chi connectivity index (χ3n) is 1.04. The average molecular weight is 141 g/mol. The Morgan fingerprint density at radius 1 is 1.60 bits per heavy atom. The fourth-order valence-corrected chi connectivity index (χ4v) is 0.537. The van der Waals surface area contributed by atoms with Crippen LogP contribution in [0.1, 0.15) is 0 Å². The second kappa shape index (κ2) is 3.03. The number of aliphatic hydroxyl groups excluding tert-OH is 1. The quantitative estimate of drug-likeness (QED) is 0.549. The maximum absolute atomic E-state index is 10.8. The highest BCUT2D eigenvalue weighted by Crippen LogP contribution is 1.97. The Balaban J connectivity index is 2.70. The smallest absolute Gasteiger partial charge is 0.255 e. The minimum atomic E-state index is -0.330. The van der Waals surface area contributed by atoms with Crippen LogP contribution in [0.3, 0.4) is 0 Å². The van der Waals surface area contributed by atoms with Crippen molar-refractivity contribution in [2.75, 3.05) is 6.73 Å². The van der Waals surface area contributed by atoms with Gasteiger partial charge < -0.3 is 9.84 Å². The molecular formula is C6H7NO3. The van der Waals surface area contributed by atoms with Gasteiger partial charge in [0.05, 0.1) is 6.26 Å². The molecule has 10 heavy (non-hydrogen) atoms. The standard InChI is InChI=1S/C6H7NO3/c8-5-7-2-4-10-3-1-6(7)9/h1-4,8H,5H2. The van der Waals surface area contributed by atoms with Crippen LogP contribution in [0, 0.1) is 0 Å². The van der Waals surface area contributed by atoms with Crippen molar-refractivity contribution in [1.82, 2.24) is 4.90 Å². The van der Waals surface area contributed by atoms with Gasteiger partial charge in [-0.05, 0) is 0 Å². The molecule has 54 valence electrons. The monoisotopic (exact) mass is 141 g/mol. The minimum Gasteiger partial charge on any atom is -0.471 e. The first-order chi connectivity index (χ1) is 4.84. The number of amides is 1. The first kappa shape index (κ1) is 6.82. The largest absolute Gasteiger partial charge is 0.471 e. The van der Waals surface area contributed by atoms with Gasteiger partial charge in [0.1, 0.15) is 13.0 Å². The summed E-state index contributed by atoms with van der Waals surface area (Å²) >= 11 is 0. The molecule has 1 N–H and O–H groups in total. The van der Waals surface area contributed by atoms with Crippen LogP contribution >= 0.6 is 0 Å². The molecule has 0 saturated carbocycles. The van der Waals surface area contributed by atoms with Gasteiger partial charge in [-0.3, -0.25) is 9.69 Å². The van der Waals surface area contributed by atoms with Gasteiger partial charge in [-0.25, -0.2) is 0 Å². The number of hydrogen-bond acceptors (Lipinski definition) is 3. The second-order valence-electron chi connectivity index (χ2n) is 1.67. The van der Waals surface area contributed by atoms with Gasteiger partial charge in [-0.15, -0.1) is 0 Å². The summed E-state index contributed by atoms with van der Waals surface area (Å²) in [6.07, 6.45) is 5.17. The van der Waals surface area contributed by atoms with Crippen molar-refractivity contribution < 1.29 is 14.6 Å². The average Bonchev–Trinajstić information content (AvgIpc) is 2.13. The minimum absolute atomic E-state index is 0.295. The second-order valence-corrected chi connectivity index (χ2v) is 1.67. The van der Waals surface area contributed by atoms with E-state index in [9.17, 15) is 4.79 Å². The number of aliphatic hydroxyl groups is 1. The van der Waals surface area contributed by atoms with Crippen LogP contribution in [-0.4, -0.2) is 22.6 Å². The van der Waals surface area contributed by atoms with Crippen molar-refractivity contribution >= 4 is 5.91 Å². The van der Waals surface area contributed by atoms with Gasteiger partial charge in [0, 0.05) is 12.3 Å². The molecule has 0 atom stereocenters. The number of rotatable bonds is 1. The van der Waals surface area contributed by atoms with Crippen molar-refractivity contribution in [1.29, 1.82) is 0 Å². The Morgan fingerprint density at radius 2 is 2.40 bits per heavy atom. The topological polar surface area (TPSA) is 49.8 Å².